The molecule has 2 aliphatic rings. The minimum absolute atomic E-state index is 0.0669. The zero-order chi connectivity index (χ0) is 23.8. The third-order valence-corrected chi connectivity index (χ3v) is 7.25. The van der Waals surface area contributed by atoms with E-state index in [1.807, 2.05) is 32.9 Å². The van der Waals surface area contributed by atoms with Crippen LogP contribution in [0.1, 0.15) is 77.1 Å². The van der Waals surface area contributed by atoms with Crippen LogP contribution in [-0.2, 0) is 16.0 Å². The summed E-state index contributed by atoms with van der Waals surface area (Å²) in [6, 6.07) is 6.08. The van der Waals surface area contributed by atoms with Crippen molar-refractivity contribution in [2.75, 3.05) is 13.1 Å². The predicted molar refractivity (Wildman–Crippen MR) is 131 cm³/mol. The van der Waals surface area contributed by atoms with E-state index >= 15 is 0 Å². The molecule has 6 nitrogen and oxygen atoms in total. The number of rotatable bonds is 4. The minimum Gasteiger partial charge on any atom is -0.444 e. The highest BCUT2D eigenvalue weighted by Crippen LogP contribution is 2.39. The molecule has 1 fully saturated rings. The SMILES string of the molecule is CCC1c2[nH]c3cc(Cl)ccc3c2CCN1C(=O)[C@H]1CC[C@H](CNC(=O)OC(C)(C)C)CC1. The fraction of sp³-hybridized carbons (Fsp3) is 0.615. The Morgan fingerprint density at radius 3 is 2.61 bits per heavy atom. The number of hydrogen-bond acceptors (Lipinski definition) is 3. The van der Waals surface area contributed by atoms with Gasteiger partial charge in [-0.25, -0.2) is 4.79 Å². The van der Waals surface area contributed by atoms with Gasteiger partial charge in [0.2, 0.25) is 5.91 Å². The van der Waals surface area contributed by atoms with Crippen LogP contribution in [0.4, 0.5) is 4.79 Å². The molecule has 0 spiro atoms. The van der Waals surface area contributed by atoms with Crippen molar-refractivity contribution in [3.63, 3.8) is 0 Å². The number of nitrogens with one attached hydrogen (secondary N) is 2. The maximum atomic E-state index is 13.5. The van der Waals surface area contributed by atoms with Gasteiger partial charge in [-0.05, 0) is 82.9 Å². The van der Waals surface area contributed by atoms with Gasteiger partial charge in [0, 0.05) is 40.6 Å². The molecule has 1 aromatic heterocycles. The highest BCUT2D eigenvalue weighted by molar-refractivity contribution is 6.31. The Hall–Kier alpha value is -2.21. The monoisotopic (exact) mass is 473 g/mol. The van der Waals surface area contributed by atoms with Crippen LogP contribution in [0.3, 0.4) is 0 Å². The van der Waals surface area contributed by atoms with Crippen molar-refractivity contribution in [1.82, 2.24) is 15.2 Å². The second-order valence-corrected chi connectivity index (χ2v) is 10.9. The Bertz CT molecular complexity index is 1020. The van der Waals surface area contributed by atoms with E-state index in [1.54, 1.807) is 0 Å². The summed E-state index contributed by atoms with van der Waals surface area (Å²) in [7, 11) is 0. The van der Waals surface area contributed by atoms with Crippen molar-refractivity contribution in [3.8, 4) is 0 Å². The zero-order valence-corrected chi connectivity index (χ0v) is 20.9. The molecule has 7 heteroatoms. The van der Waals surface area contributed by atoms with E-state index in [1.165, 1.54) is 16.6 Å². The average molecular weight is 474 g/mol. The van der Waals surface area contributed by atoms with E-state index in [-0.39, 0.29) is 24.0 Å². The smallest absolute Gasteiger partial charge is 0.407 e. The maximum absolute atomic E-state index is 13.5. The summed E-state index contributed by atoms with van der Waals surface area (Å²) in [5.41, 5.74) is 3.06. The molecule has 33 heavy (non-hydrogen) atoms. The summed E-state index contributed by atoms with van der Waals surface area (Å²) in [6.07, 6.45) is 5.04. The van der Waals surface area contributed by atoms with Gasteiger partial charge in [-0.15, -0.1) is 0 Å². The molecule has 2 heterocycles. The Morgan fingerprint density at radius 2 is 1.94 bits per heavy atom. The zero-order valence-electron chi connectivity index (χ0n) is 20.2. The highest BCUT2D eigenvalue weighted by Gasteiger charge is 2.36. The van der Waals surface area contributed by atoms with Crippen LogP contribution in [-0.4, -0.2) is 40.6 Å². The van der Waals surface area contributed by atoms with Crippen LogP contribution in [0.25, 0.3) is 10.9 Å². The molecular formula is C26H36ClN3O3. The summed E-state index contributed by atoms with van der Waals surface area (Å²) in [6.45, 7) is 9.11. The lowest BCUT2D eigenvalue weighted by atomic mass is 9.80. The molecule has 2 N–H and O–H groups in total. The average Bonchev–Trinajstić information content (AvgIpc) is 3.13. The van der Waals surface area contributed by atoms with Crippen molar-refractivity contribution in [2.45, 2.75) is 77.9 Å². The number of amides is 2. The maximum Gasteiger partial charge on any atom is 0.407 e. The topological polar surface area (TPSA) is 74.4 Å². The molecule has 180 valence electrons. The molecule has 1 aliphatic carbocycles. The Labute approximate surface area is 201 Å². The van der Waals surface area contributed by atoms with Gasteiger partial charge in [0.25, 0.3) is 0 Å². The Morgan fingerprint density at radius 1 is 1.21 bits per heavy atom. The van der Waals surface area contributed by atoms with Gasteiger partial charge in [0.05, 0.1) is 6.04 Å². The molecule has 1 aliphatic heterocycles. The van der Waals surface area contributed by atoms with Gasteiger partial charge in [-0.2, -0.15) is 0 Å². The van der Waals surface area contributed by atoms with Crippen molar-refractivity contribution < 1.29 is 14.3 Å². The first-order chi connectivity index (χ1) is 15.7. The normalized spacial score (nSPS) is 23.3. The number of H-pyrrole nitrogens is 1. The molecule has 0 bridgehead atoms. The summed E-state index contributed by atoms with van der Waals surface area (Å²) in [5.74, 6) is 0.745. The number of hydrogen-bond donors (Lipinski definition) is 2. The van der Waals surface area contributed by atoms with Crippen LogP contribution in [0.5, 0.6) is 0 Å². The summed E-state index contributed by atoms with van der Waals surface area (Å²) in [5, 5.41) is 4.83. The lowest BCUT2D eigenvalue weighted by molar-refractivity contribution is -0.140. The highest BCUT2D eigenvalue weighted by atomic mass is 35.5. The largest absolute Gasteiger partial charge is 0.444 e. The van der Waals surface area contributed by atoms with Crippen molar-refractivity contribution in [3.05, 3.63) is 34.5 Å². The number of halogens is 1. The molecule has 4 rings (SSSR count). The van der Waals surface area contributed by atoms with Crippen LogP contribution in [0, 0.1) is 11.8 Å². The molecule has 0 radical (unpaired) electrons. The lowest BCUT2D eigenvalue weighted by Gasteiger charge is -2.39. The van der Waals surface area contributed by atoms with Crippen LogP contribution >= 0.6 is 11.6 Å². The number of nitrogens with zero attached hydrogens (tertiary/aromatic N) is 1. The van der Waals surface area contributed by atoms with Gasteiger partial charge >= 0.3 is 6.09 Å². The number of alkyl carbamates (subject to hydrolysis) is 1. The Kier molecular flexibility index (Phi) is 6.94. The number of carbonyl (C=O) groups excluding carboxylic acids is 2. The molecule has 2 amide bonds. The van der Waals surface area contributed by atoms with Gasteiger partial charge in [-0.3, -0.25) is 4.79 Å². The minimum atomic E-state index is -0.491. The van der Waals surface area contributed by atoms with Crippen molar-refractivity contribution in [1.29, 1.82) is 0 Å². The van der Waals surface area contributed by atoms with E-state index in [4.69, 9.17) is 16.3 Å². The first-order valence-electron chi connectivity index (χ1n) is 12.2. The lowest BCUT2D eigenvalue weighted by Crippen LogP contribution is -2.44. The molecule has 1 aromatic carbocycles. The van der Waals surface area contributed by atoms with E-state index in [9.17, 15) is 9.59 Å². The standard InChI is InChI=1S/C26H36ClN3O3/c1-5-22-23-20(19-11-10-18(27)14-21(19)29-23)12-13-30(22)24(31)17-8-6-16(7-9-17)15-28-25(32)33-26(2,3)4/h10-11,14,16-17,22,29H,5-9,12-13,15H2,1-4H3,(H,28,32)/t16-,17-,22?. The molecule has 2 aromatic rings. The number of benzene rings is 1. The molecular weight excluding hydrogens is 438 g/mol. The van der Waals surface area contributed by atoms with Gasteiger partial charge < -0.3 is 19.9 Å². The Balaban J connectivity index is 1.36. The molecule has 1 atom stereocenters. The number of aromatic nitrogens is 1. The van der Waals surface area contributed by atoms with Crippen LogP contribution in [0.15, 0.2) is 18.2 Å². The van der Waals surface area contributed by atoms with Crippen LogP contribution in [0.2, 0.25) is 5.02 Å². The second-order valence-electron chi connectivity index (χ2n) is 10.5. The van der Waals surface area contributed by atoms with E-state index in [0.717, 1.165) is 55.6 Å². The third-order valence-electron chi connectivity index (χ3n) is 7.01. The third kappa shape index (κ3) is 5.32. The molecule has 1 saturated carbocycles. The predicted octanol–water partition coefficient (Wildman–Crippen LogP) is 5.99. The fourth-order valence-corrected chi connectivity index (χ4v) is 5.60. The summed E-state index contributed by atoms with van der Waals surface area (Å²) >= 11 is 6.20. The van der Waals surface area contributed by atoms with Crippen molar-refractivity contribution >= 4 is 34.5 Å². The van der Waals surface area contributed by atoms with Crippen molar-refractivity contribution in [2.24, 2.45) is 11.8 Å². The van der Waals surface area contributed by atoms with E-state index < -0.39 is 5.60 Å². The fourth-order valence-electron chi connectivity index (χ4n) is 5.42. The number of ether oxygens (including phenoxy) is 1. The number of aromatic amines is 1. The van der Waals surface area contributed by atoms with E-state index in [0.29, 0.717) is 12.5 Å². The summed E-state index contributed by atoms with van der Waals surface area (Å²) in [4.78, 5) is 31.1. The number of carbonyl (C=O) groups is 2. The second kappa shape index (κ2) is 9.57. The number of fused-ring (bicyclic) bond motifs is 3. The molecule has 0 saturated heterocycles. The molecule has 1 unspecified atom stereocenters. The summed E-state index contributed by atoms with van der Waals surface area (Å²) < 4.78 is 5.33. The first kappa shape index (κ1) is 23.9. The van der Waals surface area contributed by atoms with Gasteiger partial charge in [-0.1, -0.05) is 24.6 Å². The van der Waals surface area contributed by atoms with Gasteiger partial charge in [0.1, 0.15) is 5.60 Å². The van der Waals surface area contributed by atoms with E-state index in [2.05, 4.69) is 28.2 Å². The van der Waals surface area contributed by atoms with Gasteiger partial charge in [0.15, 0.2) is 0 Å². The first-order valence-corrected chi connectivity index (χ1v) is 12.6. The quantitative estimate of drug-likeness (QED) is 0.572. The van der Waals surface area contributed by atoms with Crippen LogP contribution < -0.4 is 5.32 Å².